The van der Waals surface area contributed by atoms with Crippen molar-refractivity contribution in [2.45, 2.75) is 6.54 Å². The summed E-state index contributed by atoms with van der Waals surface area (Å²) in [5.41, 5.74) is -0.933. The molecule has 0 aromatic carbocycles. The van der Waals surface area contributed by atoms with Crippen LogP contribution in [0.15, 0.2) is 34.0 Å². The van der Waals surface area contributed by atoms with Crippen LogP contribution in [0.2, 0.25) is 0 Å². The lowest BCUT2D eigenvalue weighted by Crippen LogP contribution is -2.28. The summed E-state index contributed by atoms with van der Waals surface area (Å²) in [6.45, 7) is 0.267. The van der Waals surface area contributed by atoms with Crippen LogP contribution in [0.25, 0.3) is 0 Å². The maximum atomic E-state index is 11.7. The van der Waals surface area contributed by atoms with Crippen molar-refractivity contribution in [2.75, 3.05) is 20.4 Å². The van der Waals surface area contributed by atoms with Crippen molar-refractivity contribution >= 4 is 7.60 Å². The molecule has 8 heteroatoms. The summed E-state index contributed by atoms with van der Waals surface area (Å²) in [6.07, 6.45) is 4.76. The van der Waals surface area contributed by atoms with Crippen molar-refractivity contribution in [3.05, 3.63) is 45.3 Å². The number of hydrogen-bond donors (Lipinski definition) is 1. The normalized spacial score (nSPS) is 12.1. The molecular weight excluding hydrogens is 259 g/mol. The van der Waals surface area contributed by atoms with Gasteiger partial charge < -0.3 is 9.05 Å². The lowest BCUT2D eigenvalue weighted by atomic mass is 10.5. The Hall–Kier alpha value is -1.43. The highest BCUT2D eigenvalue weighted by Gasteiger charge is 2.17. The van der Waals surface area contributed by atoms with Gasteiger partial charge in [-0.2, -0.15) is 0 Å². The second-order valence-corrected chi connectivity index (χ2v) is 5.71. The van der Waals surface area contributed by atoms with Gasteiger partial charge in [-0.1, -0.05) is 12.2 Å². The molecule has 0 aliphatic carbocycles. The van der Waals surface area contributed by atoms with Crippen molar-refractivity contribution in [3.63, 3.8) is 0 Å². The monoisotopic (exact) mass is 274 g/mol. The number of nitrogens with one attached hydrogen (secondary N) is 1. The van der Waals surface area contributed by atoms with Gasteiger partial charge in [0, 0.05) is 33.0 Å². The van der Waals surface area contributed by atoms with E-state index in [2.05, 4.69) is 4.98 Å². The summed E-state index contributed by atoms with van der Waals surface area (Å²) in [6, 6.07) is 1.25. The molecule has 18 heavy (non-hydrogen) atoms. The van der Waals surface area contributed by atoms with Crippen LogP contribution in [-0.2, 0) is 20.2 Å². The molecule has 1 heterocycles. The van der Waals surface area contributed by atoms with Crippen LogP contribution in [0.5, 0.6) is 0 Å². The molecule has 0 atom stereocenters. The highest BCUT2D eigenvalue weighted by molar-refractivity contribution is 7.54. The number of H-pyrrole nitrogens is 1. The molecule has 0 aliphatic heterocycles. The van der Waals surface area contributed by atoms with Crippen molar-refractivity contribution in [2.24, 2.45) is 0 Å². The molecule has 0 saturated carbocycles. The molecule has 100 valence electrons. The molecule has 0 fully saturated rings. The second kappa shape index (κ2) is 6.49. The number of rotatable bonds is 6. The highest BCUT2D eigenvalue weighted by atomic mass is 31.2. The Bertz CT molecular complexity index is 566. The van der Waals surface area contributed by atoms with Crippen LogP contribution >= 0.6 is 7.60 Å². The van der Waals surface area contributed by atoms with E-state index < -0.39 is 18.8 Å². The number of nitrogens with zero attached hydrogens (tertiary/aromatic N) is 1. The zero-order valence-electron chi connectivity index (χ0n) is 10.2. The molecule has 0 amide bonds. The van der Waals surface area contributed by atoms with Gasteiger partial charge in [-0.25, -0.2) is 4.79 Å². The summed E-state index contributed by atoms with van der Waals surface area (Å²) in [4.78, 5) is 24.3. The van der Waals surface area contributed by atoms with E-state index in [-0.39, 0.29) is 12.7 Å². The molecule has 1 rings (SSSR count). The van der Waals surface area contributed by atoms with E-state index in [1.54, 1.807) is 12.2 Å². The van der Waals surface area contributed by atoms with Gasteiger partial charge in [-0.15, -0.1) is 0 Å². The molecule has 0 radical (unpaired) electrons. The fourth-order valence-electron chi connectivity index (χ4n) is 1.20. The summed E-state index contributed by atoms with van der Waals surface area (Å²) >= 11 is 0. The zero-order chi connectivity index (χ0) is 13.6. The SMILES string of the molecule is COP(=O)(C/C=C\Cn1ccc(=O)[nH]c1=O)OC. The van der Waals surface area contributed by atoms with Gasteiger partial charge in [-0.3, -0.25) is 18.9 Å². The quantitative estimate of drug-likeness (QED) is 0.605. The first kappa shape index (κ1) is 14.6. The first-order valence-electron chi connectivity index (χ1n) is 5.16. The van der Waals surface area contributed by atoms with E-state index in [0.29, 0.717) is 0 Å². The van der Waals surface area contributed by atoms with Crippen LogP contribution in [0.4, 0.5) is 0 Å². The average Bonchev–Trinajstić information content (AvgIpc) is 2.36. The van der Waals surface area contributed by atoms with Gasteiger partial charge in [0.2, 0.25) is 0 Å². The molecule has 1 aromatic rings. The first-order chi connectivity index (χ1) is 8.50. The van der Waals surface area contributed by atoms with Crippen LogP contribution in [0.1, 0.15) is 0 Å². The molecule has 0 bridgehead atoms. The van der Waals surface area contributed by atoms with Crippen molar-refractivity contribution in [3.8, 4) is 0 Å². The predicted molar refractivity (Wildman–Crippen MR) is 67.0 cm³/mol. The van der Waals surface area contributed by atoms with Gasteiger partial charge >= 0.3 is 13.3 Å². The van der Waals surface area contributed by atoms with E-state index in [1.807, 2.05) is 0 Å². The molecule has 1 aromatic heterocycles. The third kappa shape index (κ3) is 4.10. The largest absolute Gasteiger partial charge is 0.333 e. The van der Waals surface area contributed by atoms with Crippen molar-refractivity contribution in [1.29, 1.82) is 0 Å². The number of hydrogen-bond acceptors (Lipinski definition) is 5. The fraction of sp³-hybridized carbons (Fsp3) is 0.400. The lowest BCUT2D eigenvalue weighted by Gasteiger charge is -2.10. The van der Waals surface area contributed by atoms with Gasteiger partial charge in [0.1, 0.15) is 0 Å². The minimum Gasteiger partial charge on any atom is -0.312 e. The number of aromatic amines is 1. The Balaban J connectivity index is 2.63. The van der Waals surface area contributed by atoms with Crippen molar-refractivity contribution in [1.82, 2.24) is 9.55 Å². The van der Waals surface area contributed by atoms with E-state index in [4.69, 9.17) is 9.05 Å². The second-order valence-electron chi connectivity index (χ2n) is 3.39. The molecule has 1 N–H and O–H groups in total. The van der Waals surface area contributed by atoms with Crippen LogP contribution in [-0.4, -0.2) is 29.9 Å². The summed E-state index contributed by atoms with van der Waals surface area (Å²) < 4.78 is 22.5. The first-order valence-corrected chi connectivity index (χ1v) is 6.89. The van der Waals surface area contributed by atoms with Crippen LogP contribution in [0.3, 0.4) is 0 Å². The van der Waals surface area contributed by atoms with Crippen molar-refractivity contribution < 1.29 is 13.6 Å². The Morgan fingerprint density at radius 1 is 1.33 bits per heavy atom. The third-order valence-corrected chi connectivity index (χ3v) is 4.02. The molecule has 7 nitrogen and oxygen atoms in total. The molecule has 0 aliphatic rings. The van der Waals surface area contributed by atoms with Gasteiger partial charge in [0.05, 0.1) is 6.16 Å². The number of allylic oxidation sites excluding steroid dienone is 2. The molecule has 0 unspecified atom stereocenters. The predicted octanol–water partition coefficient (Wildman–Crippen LogP) is 0.579. The lowest BCUT2D eigenvalue weighted by molar-refractivity contribution is 0.279. The van der Waals surface area contributed by atoms with Crippen LogP contribution < -0.4 is 11.2 Å². The van der Waals surface area contributed by atoms with E-state index in [9.17, 15) is 14.2 Å². The standard InChI is InChI=1S/C10H15N2O5P/c1-16-18(15,17-2)8-4-3-6-12-7-5-9(13)11-10(12)14/h3-5,7H,6,8H2,1-2H3,(H,11,13,14)/b4-3-. The van der Waals surface area contributed by atoms with Gasteiger partial charge in [0.15, 0.2) is 0 Å². The van der Waals surface area contributed by atoms with E-state index in [1.165, 1.54) is 31.0 Å². The Kier molecular flexibility index (Phi) is 5.27. The summed E-state index contributed by atoms with van der Waals surface area (Å²) in [7, 11) is -0.434. The minimum absolute atomic E-state index is 0.123. The van der Waals surface area contributed by atoms with Gasteiger partial charge in [0.25, 0.3) is 5.56 Å². The summed E-state index contributed by atoms with van der Waals surface area (Å²) in [5.74, 6) is 0. The topological polar surface area (TPSA) is 90.4 Å². The molecular formula is C10H15N2O5P. The zero-order valence-corrected chi connectivity index (χ0v) is 11.1. The average molecular weight is 274 g/mol. The smallest absolute Gasteiger partial charge is 0.312 e. The van der Waals surface area contributed by atoms with Crippen LogP contribution in [0, 0.1) is 0 Å². The third-order valence-electron chi connectivity index (χ3n) is 2.25. The van der Waals surface area contributed by atoms with Gasteiger partial charge in [-0.05, 0) is 0 Å². The maximum absolute atomic E-state index is 11.7. The highest BCUT2D eigenvalue weighted by Crippen LogP contribution is 2.46. The fourth-order valence-corrected chi connectivity index (χ4v) is 2.06. The number of aromatic nitrogens is 2. The minimum atomic E-state index is -3.05. The Morgan fingerprint density at radius 2 is 2.00 bits per heavy atom. The van der Waals surface area contributed by atoms with E-state index >= 15 is 0 Å². The molecule has 0 saturated heterocycles. The Labute approximate surface area is 104 Å². The van der Waals surface area contributed by atoms with E-state index in [0.717, 1.165) is 0 Å². The molecule has 0 spiro atoms. The maximum Gasteiger partial charge on any atom is 0.333 e. The summed E-state index contributed by atoms with van der Waals surface area (Å²) in [5, 5.41) is 0. The Morgan fingerprint density at radius 3 is 2.56 bits per heavy atom.